The van der Waals surface area contributed by atoms with Crippen molar-refractivity contribution >= 4 is 0 Å². The maximum atomic E-state index is 0. The van der Waals surface area contributed by atoms with E-state index in [1.807, 2.05) is 0 Å². The summed E-state index contributed by atoms with van der Waals surface area (Å²) in [6, 6.07) is 0. The molecule has 0 rings (SSSR count). The summed E-state index contributed by atoms with van der Waals surface area (Å²) in [5.41, 5.74) is 0. The summed E-state index contributed by atoms with van der Waals surface area (Å²) in [6.45, 7) is 0. The van der Waals surface area contributed by atoms with E-state index < -0.39 is 0 Å². The molecule has 13 heteroatoms. The Morgan fingerprint density at radius 1 is 0.231 bits per heavy atom. The molecule has 0 bridgehead atoms. The van der Waals surface area contributed by atoms with Crippen molar-refractivity contribution < 1.29 is 80.8 Å². The Hall–Kier alpha value is -0.0375. The molecule has 0 atom stereocenters. The van der Waals surface area contributed by atoms with Gasteiger partial charge in [0.25, 0.3) is 0 Å². The maximum Gasteiger partial charge on any atom is 3.00 e. The molecule has 0 aromatic rings. The summed E-state index contributed by atoms with van der Waals surface area (Å²) in [6.07, 6.45) is 0. The Morgan fingerprint density at radius 2 is 0.231 bits per heavy atom. The molecule has 0 aromatic heterocycles. The van der Waals surface area contributed by atoms with Gasteiger partial charge in [0.2, 0.25) is 0 Å². The molecule has 0 unspecified atom stereocenters. The molecule has 0 saturated carbocycles. The van der Waals surface area contributed by atoms with Crippen LogP contribution in [0.1, 0.15) is 0 Å². The van der Waals surface area contributed by atoms with Gasteiger partial charge >= 0.3 is 17.4 Å². The first-order chi connectivity index (χ1) is 0. The summed E-state index contributed by atoms with van der Waals surface area (Å²) in [4.78, 5) is 0. The number of hydrogen-bond donors (Lipinski definition) is 0. The first-order valence-electron chi connectivity index (χ1n) is 0. The van der Waals surface area contributed by atoms with Crippen molar-refractivity contribution in [1.29, 1.82) is 0 Å². The molecule has 9 nitrogen and oxygen atoms in total. The van der Waals surface area contributed by atoms with Gasteiger partial charge in [-0.2, -0.15) is 0 Å². The monoisotopic (exact) mass is 271 g/mol. The van der Waals surface area contributed by atoms with E-state index in [1.165, 1.54) is 0 Å². The Bertz CT molecular complexity index is 14.8. The van der Waals surface area contributed by atoms with E-state index in [2.05, 4.69) is 0 Å². The standard InChI is InChI=1S/Cr.3FH.9H2O/h;3*1H;9*1H2/q+3;;;;;;;;;;;;/p-3. The van der Waals surface area contributed by atoms with Crippen molar-refractivity contribution in [2.24, 2.45) is 0 Å². The molecule has 0 amide bonds. The van der Waals surface area contributed by atoms with E-state index in [-0.39, 0.29) is 80.8 Å². The average molecular weight is 271 g/mol. The van der Waals surface area contributed by atoms with Gasteiger partial charge in [0, 0.05) is 0 Å². The van der Waals surface area contributed by atoms with Gasteiger partial charge in [-0.15, -0.1) is 0 Å². The van der Waals surface area contributed by atoms with Gasteiger partial charge in [-0.3, -0.25) is 0 Å². The van der Waals surface area contributed by atoms with Crippen molar-refractivity contribution in [3.63, 3.8) is 0 Å². The zero-order valence-corrected chi connectivity index (χ0v) is 7.32. The second-order valence-electron chi connectivity index (χ2n) is 0. The molecular weight excluding hydrogens is 253 g/mol. The van der Waals surface area contributed by atoms with Crippen LogP contribution >= 0.6 is 0 Å². The predicted octanol–water partition coefficient (Wildman–Crippen LogP) is -16.4. The summed E-state index contributed by atoms with van der Waals surface area (Å²) in [5.74, 6) is 0. The van der Waals surface area contributed by atoms with Crippen LogP contribution in [0.4, 0.5) is 0 Å². The molecular formula is H18CrF3O9. The smallest absolute Gasteiger partial charge is 1.00 e. The Kier molecular flexibility index (Phi) is 103000000000. The van der Waals surface area contributed by atoms with Gasteiger partial charge in [0.05, 0.1) is 0 Å². The third-order valence-corrected chi connectivity index (χ3v) is 0. The molecule has 18 N–H and O–H groups in total. The topological polar surface area (TPSA) is 284 Å². The van der Waals surface area contributed by atoms with E-state index in [4.69, 9.17) is 0 Å². The normalized spacial score (nSPS) is 0. The minimum absolute atomic E-state index is 0. The largest absolute Gasteiger partial charge is 3.00 e. The predicted molar refractivity (Wildman–Crippen MR) is 32.5 cm³/mol. The van der Waals surface area contributed by atoms with Crippen molar-refractivity contribution in [2.75, 3.05) is 0 Å². The molecule has 0 saturated heterocycles. The summed E-state index contributed by atoms with van der Waals surface area (Å²) >= 11 is 0. The number of halogens is 3. The third kappa shape index (κ3) is 843000. The summed E-state index contributed by atoms with van der Waals surface area (Å²) < 4.78 is 0. The van der Waals surface area contributed by atoms with E-state index >= 15 is 0 Å². The fraction of sp³-hybridized carbons (Fsp3) is 0. The molecule has 0 aliphatic carbocycles. The maximum absolute atomic E-state index is 0. The number of rotatable bonds is 0. The van der Waals surface area contributed by atoms with Crippen LogP contribution in [-0.4, -0.2) is 49.3 Å². The second kappa shape index (κ2) is 1020000. The summed E-state index contributed by atoms with van der Waals surface area (Å²) in [7, 11) is 0. The van der Waals surface area contributed by atoms with Gasteiger partial charge in [0.15, 0.2) is 0 Å². The van der Waals surface area contributed by atoms with Crippen LogP contribution < -0.4 is 14.1 Å². The van der Waals surface area contributed by atoms with Gasteiger partial charge in [0.1, 0.15) is 0 Å². The zero-order valence-electron chi connectivity index (χ0n) is 6.04. The Balaban J connectivity index is 0. The Morgan fingerprint density at radius 3 is 0.231 bits per heavy atom. The van der Waals surface area contributed by atoms with Gasteiger partial charge in [-0.1, -0.05) is 0 Å². The molecule has 0 fully saturated rings. The summed E-state index contributed by atoms with van der Waals surface area (Å²) in [5, 5.41) is 0. The molecule has 1 radical (unpaired) electrons. The van der Waals surface area contributed by atoms with Crippen LogP contribution in [0.3, 0.4) is 0 Å². The van der Waals surface area contributed by atoms with Crippen LogP contribution in [0.15, 0.2) is 0 Å². The van der Waals surface area contributed by atoms with Crippen LogP contribution in [0.2, 0.25) is 0 Å². The minimum Gasteiger partial charge on any atom is -1.00 e. The van der Waals surface area contributed by atoms with E-state index in [0.717, 1.165) is 0 Å². The quantitative estimate of drug-likeness (QED) is 0.396. The first-order valence-corrected chi connectivity index (χ1v) is 0. The van der Waals surface area contributed by atoms with Gasteiger partial charge < -0.3 is 63.4 Å². The molecule has 0 aliphatic heterocycles. The fourth-order valence-electron chi connectivity index (χ4n) is 0. The second-order valence-corrected chi connectivity index (χ2v) is 0. The average Bonchev–Trinajstić information content (AvgIpc) is 0. The first kappa shape index (κ1) is 1320000. The van der Waals surface area contributed by atoms with Crippen molar-refractivity contribution in [3.05, 3.63) is 0 Å². The third-order valence-electron chi connectivity index (χ3n) is 0. The molecule has 99 valence electrons. The van der Waals surface area contributed by atoms with Crippen molar-refractivity contribution in [3.8, 4) is 0 Å². The van der Waals surface area contributed by atoms with E-state index in [1.54, 1.807) is 0 Å². The van der Waals surface area contributed by atoms with Gasteiger partial charge in [-0.25, -0.2) is 0 Å². The molecule has 13 heavy (non-hydrogen) atoms. The number of hydrogen-bond acceptors (Lipinski definition) is 0. The van der Waals surface area contributed by atoms with Crippen molar-refractivity contribution in [1.82, 2.24) is 0 Å². The van der Waals surface area contributed by atoms with E-state index in [9.17, 15) is 0 Å². The van der Waals surface area contributed by atoms with Crippen LogP contribution in [0.25, 0.3) is 0 Å². The molecule has 0 aliphatic rings. The van der Waals surface area contributed by atoms with Crippen LogP contribution in [-0.2, 0) is 17.4 Å². The van der Waals surface area contributed by atoms with Crippen molar-refractivity contribution in [2.45, 2.75) is 0 Å². The molecule has 0 spiro atoms. The van der Waals surface area contributed by atoms with Crippen LogP contribution in [0, 0.1) is 0 Å². The SMILES string of the molecule is O.O.O.O.O.O.O.O.O.[Cr+3].[F-].[F-].[F-]. The van der Waals surface area contributed by atoms with Crippen LogP contribution in [0.5, 0.6) is 0 Å². The zero-order chi connectivity index (χ0) is 0. The molecule has 0 heterocycles. The van der Waals surface area contributed by atoms with Gasteiger partial charge in [-0.05, 0) is 0 Å². The van der Waals surface area contributed by atoms with E-state index in [0.29, 0.717) is 0 Å². The Labute approximate surface area is 81.8 Å². The minimum atomic E-state index is 0. The molecule has 0 aromatic carbocycles. The fourth-order valence-corrected chi connectivity index (χ4v) is 0.